The van der Waals surface area contributed by atoms with E-state index in [1.165, 1.54) is 24.3 Å². The summed E-state index contributed by atoms with van der Waals surface area (Å²) >= 11 is 0. The number of nitro benzene ring substituents is 1. The van der Waals surface area contributed by atoms with Crippen LogP contribution in [0, 0.1) is 15.5 Å². The first-order valence-electron chi connectivity index (χ1n) is 5.66. The number of hydrogen-bond acceptors (Lipinski definition) is 5. The van der Waals surface area contributed by atoms with Crippen molar-refractivity contribution in [1.29, 1.82) is 5.39 Å². The van der Waals surface area contributed by atoms with Crippen LogP contribution in [0.1, 0.15) is 5.56 Å². The Morgan fingerprint density at radius 1 is 1.45 bits per heavy atom. The molecule has 0 atom stereocenters. The van der Waals surface area contributed by atoms with Crippen LogP contribution >= 0.6 is 0 Å². The summed E-state index contributed by atoms with van der Waals surface area (Å²) in [5.74, 6) is 0.259. The summed E-state index contributed by atoms with van der Waals surface area (Å²) in [6, 6.07) is 5.25. The molecule has 0 saturated heterocycles. The smallest absolute Gasteiger partial charge is 0.471 e. The lowest BCUT2D eigenvalue weighted by atomic mass is 10.1. The molecular weight excluding hydrogens is 282 g/mol. The van der Waals surface area contributed by atoms with E-state index in [0.29, 0.717) is 12.2 Å². The molecule has 1 rings (SSSR count). The number of aliphatic hydroxyl groups excluding tert-OH is 1. The van der Waals surface area contributed by atoms with Crippen molar-refractivity contribution in [3.8, 4) is 0 Å². The Hall–Kier alpha value is -2.27. The van der Waals surface area contributed by atoms with Crippen LogP contribution in [-0.4, -0.2) is 34.9 Å². The summed E-state index contributed by atoms with van der Waals surface area (Å²) in [6.07, 6.45) is 4.08. The van der Waals surface area contributed by atoms with Crippen molar-refractivity contribution in [2.75, 3.05) is 24.9 Å². The highest BCUT2D eigenvalue weighted by molar-refractivity contribution is 7.95. The maximum absolute atomic E-state index is 10.5. The van der Waals surface area contributed by atoms with Gasteiger partial charge in [-0.3, -0.25) is 10.1 Å². The van der Waals surface area contributed by atoms with E-state index in [-0.39, 0.29) is 22.3 Å². The van der Waals surface area contributed by atoms with Crippen molar-refractivity contribution < 1.29 is 14.8 Å². The molecule has 106 valence electrons. The van der Waals surface area contributed by atoms with Gasteiger partial charge in [0.1, 0.15) is 12.4 Å². The van der Waals surface area contributed by atoms with Gasteiger partial charge < -0.3 is 9.84 Å². The topological polar surface area (TPSA) is 101 Å². The summed E-state index contributed by atoms with van der Waals surface area (Å²) in [7, 11) is 0.173. The predicted octanol–water partition coefficient (Wildman–Crippen LogP) is 2.53. The fraction of sp³-hybridized carbons (Fsp3) is 0.333. The van der Waals surface area contributed by atoms with Gasteiger partial charge in [-0.05, 0) is 23.0 Å². The Morgan fingerprint density at radius 2 is 2.05 bits per heavy atom. The van der Waals surface area contributed by atoms with Crippen LogP contribution in [0.2, 0.25) is 0 Å². The molecule has 1 aromatic rings. The molecule has 0 bridgehead atoms. The molecule has 20 heavy (non-hydrogen) atoms. The van der Waals surface area contributed by atoms with E-state index in [1.807, 2.05) is 12.5 Å². The minimum absolute atomic E-state index is 0.0903. The number of nitro groups is 1. The standard InChI is InChI=1S/C12H14N3O4S/c1-20(2)8-7-19-12(16)11(14-13)9-3-5-10(6-4-9)15(17)18/h3-6H,7-8H2,1-2H3/q+1/p+1. The van der Waals surface area contributed by atoms with Crippen molar-refractivity contribution >= 4 is 22.3 Å². The maximum Gasteiger partial charge on any atom is 0.471 e. The largest absolute Gasteiger partial charge is 0.475 e. The number of hydrogen-bond donors (Lipinski definition) is 1. The molecular formula is C12H15N3O4S+2. The first-order chi connectivity index (χ1) is 9.45. The Bertz CT molecular complexity index is 549. The lowest BCUT2D eigenvalue weighted by Gasteiger charge is -2.01. The van der Waals surface area contributed by atoms with Crippen LogP contribution < -0.4 is 0 Å². The van der Waals surface area contributed by atoms with Crippen LogP contribution in [0.3, 0.4) is 0 Å². The summed E-state index contributed by atoms with van der Waals surface area (Å²) in [5, 5.41) is 29.2. The number of rotatable bonds is 6. The number of diazo groups is 1. The van der Waals surface area contributed by atoms with E-state index >= 15 is 0 Å². The lowest BCUT2D eigenvalue weighted by molar-refractivity contribution is -0.384. The average molecular weight is 297 g/mol. The molecule has 0 amide bonds. The molecule has 0 fully saturated rings. The highest BCUT2D eigenvalue weighted by Gasteiger charge is 2.24. The average Bonchev–Trinajstić information content (AvgIpc) is 2.39. The summed E-state index contributed by atoms with van der Waals surface area (Å²) in [6.45, 7) is 0.300. The quantitative estimate of drug-likeness (QED) is 0.286. The third-order valence-corrected chi connectivity index (χ3v) is 3.37. The van der Waals surface area contributed by atoms with Gasteiger partial charge in [0.25, 0.3) is 5.69 Å². The van der Waals surface area contributed by atoms with Gasteiger partial charge in [-0.25, -0.2) is 0 Å². The van der Waals surface area contributed by atoms with E-state index in [0.717, 1.165) is 5.75 Å². The Kier molecular flexibility index (Phi) is 5.80. The van der Waals surface area contributed by atoms with E-state index in [2.05, 4.69) is 4.98 Å². The molecule has 0 aliphatic heterocycles. The van der Waals surface area contributed by atoms with Crippen molar-refractivity contribution in [2.45, 2.75) is 0 Å². The molecule has 0 unspecified atom stereocenters. The predicted molar refractivity (Wildman–Crippen MR) is 77.8 cm³/mol. The molecule has 0 heterocycles. The molecule has 0 saturated carbocycles. The second kappa shape index (κ2) is 7.35. The highest BCUT2D eigenvalue weighted by Crippen LogP contribution is 2.22. The van der Waals surface area contributed by atoms with Gasteiger partial charge in [0.15, 0.2) is 4.98 Å². The van der Waals surface area contributed by atoms with Gasteiger partial charge >= 0.3 is 11.6 Å². The van der Waals surface area contributed by atoms with Gasteiger partial charge in [-0.1, -0.05) is 0 Å². The molecule has 8 heteroatoms. The zero-order valence-electron chi connectivity index (χ0n) is 11.1. The minimum atomic E-state index is -0.539. The lowest BCUT2D eigenvalue weighted by Crippen LogP contribution is -2.09. The highest BCUT2D eigenvalue weighted by atomic mass is 32.2. The van der Waals surface area contributed by atoms with Crippen molar-refractivity contribution in [3.05, 3.63) is 50.9 Å². The van der Waals surface area contributed by atoms with E-state index in [9.17, 15) is 15.2 Å². The van der Waals surface area contributed by atoms with Crippen molar-refractivity contribution in [3.63, 3.8) is 0 Å². The van der Waals surface area contributed by atoms with Gasteiger partial charge in [0.2, 0.25) is 5.39 Å². The van der Waals surface area contributed by atoms with Gasteiger partial charge in [0, 0.05) is 12.1 Å². The molecule has 0 spiro atoms. The van der Waals surface area contributed by atoms with Crippen LogP contribution in [0.25, 0.3) is 10.7 Å². The monoisotopic (exact) mass is 297 g/mol. The van der Waals surface area contributed by atoms with Crippen molar-refractivity contribution in [1.82, 2.24) is 0 Å². The van der Waals surface area contributed by atoms with Gasteiger partial charge in [-0.15, -0.1) is 0 Å². The third-order valence-electron chi connectivity index (χ3n) is 2.38. The molecule has 7 nitrogen and oxygen atoms in total. The number of benzene rings is 1. The molecule has 0 aromatic heterocycles. The fourth-order valence-electron chi connectivity index (χ4n) is 1.34. The molecule has 0 aliphatic carbocycles. The number of non-ortho nitro benzene ring substituents is 1. The zero-order chi connectivity index (χ0) is 15.1. The van der Waals surface area contributed by atoms with Crippen LogP contribution in [0.5, 0.6) is 0 Å². The van der Waals surface area contributed by atoms with Crippen LogP contribution in [0.4, 0.5) is 5.69 Å². The Labute approximate surface area is 119 Å². The summed E-state index contributed by atoms with van der Waals surface area (Å²) in [5.41, 5.74) is 0.0713. The van der Waals surface area contributed by atoms with Crippen LogP contribution in [-0.2, 0) is 15.6 Å². The third kappa shape index (κ3) is 4.44. The van der Waals surface area contributed by atoms with Crippen LogP contribution in [0.15, 0.2) is 30.2 Å². The van der Waals surface area contributed by atoms with E-state index in [1.54, 1.807) is 0 Å². The molecule has 1 aromatic carbocycles. The normalized spacial score (nSPS) is 11.7. The molecule has 1 N–H and O–H groups in total. The molecule has 0 aliphatic rings. The summed E-state index contributed by atoms with van der Waals surface area (Å²) in [4.78, 5) is 13.0. The first-order valence-corrected chi connectivity index (χ1v) is 7.87. The minimum Gasteiger partial charge on any atom is -0.475 e. The number of aliphatic hydroxyl groups is 1. The zero-order valence-corrected chi connectivity index (χ0v) is 12.0. The van der Waals surface area contributed by atoms with Gasteiger partial charge in [-0.2, -0.15) is 0 Å². The Morgan fingerprint density at radius 3 is 2.50 bits per heavy atom. The van der Waals surface area contributed by atoms with E-state index in [4.69, 9.17) is 10.1 Å². The van der Waals surface area contributed by atoms with Crippen molar-refractivity contribution in [2.24, 2.45) is 0 Å². The summed E-state index contributed by atoms with van der Waals surface area (Å²) < 4.78 is 5.09. The van der Waals surface area contributed by atoms with Gasteiger partial charge in [0.05, 0.1) is 23.0 Å². The second-order valence-corrected chi connectivity index (χ2v) is 6.48. The van der Waals surface area contributed by atoms with E-state index < -0.39 is 10.9 Å². The molecule has 0 radical (unpaired) electrons. The number of nitrogens with zero attached hydrogens (tertiary/aromatic N) is 3. The Balaban J connectivity index is 2.88. The SMILES string of the molecule is C[S+](C)CCOC(O)=C([N+]#N)c1ccc([N+](=O)[O-])cc1. The fourth-order valence-corrected chi connectivity index (χ4v) is 1.76. The first kappa shape index (κ1) is 15.8. The number of ether oxygens (including phenoxy) is 1. The second-order valence-electron chi connectivity index (χ2n) is 4.10. The maximum atomic E-state index is 10.5.